The smallest absolute Gasteiger partial charge is 0.246 e. The fourth-order valence-corrected chi connectivity index (χ4v) is 9.47. The number of carbonyl (C=O) groups excluding carboxylic acids is 2. The molecule has 11 nitrogen and oxygen atoms in total. The number of ether oxygens (including phenoxy) is 1. The van der Waals surface area contributed by atoms with Gasteiger partial charge in [-0.25, -0.2) is 0 Å². The van der Waals surface area contributed by atoms with Gasteiger partial charge in [0.15, 0.2) is 0 Å². The molecule has 1 aromatic heterocycles. The molecule has 50 heavy (non-hydrogen) atoms. The van der Waals surface area contributed by atoms with Gasteiger partial charge in [-0.3, -0.25) is 9.59 Å². The van der Waals surface area contributed by atoms with Gasteiger partial charge in [-0.2, -0.15) is 15.0 Å². The molecule has 0 aliphatic carbocycles. The highest BCUT2D eigenvalue weighted by Crippen LogP contribution is 2.42. The van der Waals surface area contributed by atoms with Gasteiger partial charge in [-0.05, 0) is 127 Å². The molecule has 0 unspecified atom stereocenters. The van der Waals surface area contributed by atoms with Gasteiger partial charge in [0.2, 0.25) is 23.7 Å². The molecule has 11 heteroatoms. The van der Waals surface area contributed by atoms with Crippen LogP contribution in [0.5, 0.6) is 0 Å². The Bertz CT molecular complexity index is 1330. The van der Waals surface area contributed by atoms with E-state index in [4.69, 9.17) is 19.7 Å². The van der Waals surface area contributed by atoms with Gasteiger partial charge in [0, 0.05) is 53.9 Å². The van der Waals surface area contributed by atoms with Crippen LogP contribution in [-0.2, 0) is 14.3 Å². The van der Waals surface area contributed by atoms with Gasteiger partial charge in [-0.15, -0.1) is 0 Å². The van der Waals surface area contributed by atoms with Crippen molar-refractivity contribution in [2.75, 3.05) is 56.2 Å². The third-order valence-corrected chi connectivity index (χ3v) is 11.2. The molecule has 3 aliphatic rings. The molecule has 4 rings (SSSR count). The number of aryl methyl sites for hydroxylation is 1. The minimum atomic E-state index is -0.367. The first-order valence-electron chi connectivity index (χ1n) is 18.8. The lowest BCUT2D eigenvalue weighted by Crippen LogP contribution is -2.66. The number of rotatable bonds is 13. The van der Waals surface area contributed by atoms with E-state index in [0.717, 1.165) is 83.5 Å². The zero-order chi connectivity index (χ0) is 37.1. The van der Waals surface area contributed by atoms with E-state index in [1.807, 2.05) is 16.7 Å². The van der Waals surface area contributed by atoms with Crippen LogP contribution in [0.1, 0.15) is 113 Å². The molecule has 0 radical (unpaired) electrons. The van der Waals surface area contributed by atoms with Crippen LogP contribution in [0, 0.1) is 6.92 Å². The fraction of sp³-hybridized carbons (Fsp3) is 0.769. The number of morpholine rings is 1. The lowest BCUT2D eigenvalue weighted by Gasteiger charge is -2.56. The number of hydrogen-bond acceptors (Lipinski definition) is 9. The summed E-state index contributed by atoms with van der Waals surface area (Å²) in [5.74, 6) is 2.15. The molecule has 0 bridgehead atoms. The summed E-state index contributed by atoms with van der Waals surface area (Å²) in [5.41, 5.74) is -1.20. The van der Waals surface area contributed by atoms with Crippen LogP contribution in [0.15, 0.2) is 25.3 Å². The molecule has 1 aromatic rings. The number of hydrogen-bond donors (Lipinski definition) is 0. The highest BCUT2D eigenvalue weighted by atomic mass is 16.5. The summed E-state index contributed by atoms with van der Waals surface area (Å²) >= 11 is 0. The largest absolute Gasteiger partial charge is 0.378 e. The number of piperidine rings is 2. The lowest BCUT2D eigenvalue weighted by molar-refractivity contribution is -0.147. The van der Waals surface area contributed by atoms with Crippen LogP contribution < -0.4 is 9.80 Å². The maximum Gasteiger partial charge on any atom is 0.246 e. The van der Waals surface area contributed by atoms with E-state index >= 15 is 0 Å². The van der Waals surface area contributed by atoms with Crippen LogP contribution in [-0.4, -0.2) is 122 Å². The highest BCUT2D eigenvalue weighted by Gasteiger charge is 2.49. The Labute approximate surface area is 302 Å². The third-order valence-electron chi connectivity index (χ3n) is 11.2. The molecule has 3 fully saturated rings. The Kier molecular flexibility index (Phi) is 12.5. The topological polar surface area (TPSA) is 98.2 Å². The lowest BCUT2D eigenvalue weighted by atomic mass is 9.76. The van der Waals surface area contributed by atoms with Gasteiger partial charge in [-0.1, -0.05) is 26.0 Å². The summed E-state index contributed by atoms with van der Waals surface area (Å²) in [5, 5.41) is 0. The minimum Gasteiger partial charge on any atom is -0.378 e. The van der Waals surface area contributed by atoms with E-state index in [0.29, 0.717) is 31.0 Å². The van der Waals surface area contributed by atoms with E-state index in [1.54, 1.807) is 0 Å². The molecule has 3 aliphatic heterocycles. The number of amides is 2. The monoisotopic (exact) mass is 695 g/mol. The van der Waals surface area contributed by atoms with Gasteiger partial charge < -0.3 is 29.2 Å². The zero-order valence-electron chi connectivity index (χ0n) is 32.9. The van der Waals surface area contributed by atoms with Crippen molar-refractivity contribution >= 4 is 23.7 Å². The maximum absolute atomic E-state index is 13.1. The summed E-state index contributed by atoms with van der Waals surface area (Å²) in [4.78, 5) is 51.7. The molecule has 3 saturated heterocycles. The standard InChI is InChI=1S/C39H66N8O3/c1-13-32(48)46-36(4,5)25-30(26-37(46,6)7)43(12)19-17-15-16-18-20-45(31-27-38(8,9)47(33(49)14-2)39(10,11)28-31)35-41-29(3)40-34(42-35)44-21-23-50-24-22-44/h13-14,30-31H,1-2,15-28H2,3-12H3. The predicted octanol–water partition coefficient (Wildman–Crippen LogP) is 5.78. The summed E-state index contributed by atoms with van der Waals surface area (Å²) in [6, 6.07) is 0.576. The summed E-state index contributed by atoms with van der Waals surface area (Å²) in [6.45, 7) is 31.6. The Balaban J connectivity index is 1.44. The van der Waals surface area contributed by atoms with Crippen LogP contribution in [0.3, 0.4) is 0 Å². The Morgan fingerprint density at radius 2 is 1.20 bits per heavy atom. The van der Waals surface area contributed by atoms with Crippen molar-refractivity contribution in [1.82, 2.24) is 29.7 Å². The average molecular weight is 695 g/mol. The summed E-state index contributed by atoms with van der Waals surface area (Å²) < 4.78 is 5.60. The quantitative estimate of drug-likeness (QED) is 0.188. The van der Waals surface area contributed by atoms with E-state index in [-0.39, 0.29) is 40.0 Å². The number of aromatic nitrogens is 3. The van der Waals surface area contributed by atoms with Crippen molar-refractivity contribution in [3.05, 3.63) is 31.1 Å². The average Bonchev–Trinajstić information content (AvgIpc) is 3.01. The molecule has 2 amide bonds. The first kappa shape index (κ1) is 39.7. The summed E-state index contributed by atoms with van der Waals surface area (Å²) in [7, 11) is 2.24. The van der Waals surface area contributed by atoms with E-state index < -0.39 is 0 Å². The van der Waals surface area contributed by atoms with Gasteiger partial charge >= 0.3 is 0 Å². The van der Waals surface area contributed by atoms with Crippen LogP contribution in [0.25, 0.3) is 0 Å². The highest BCUT2D eigenvalue weighted by molar-refractivity contribution is 5.89. The van der Waals surface area contributed by atoms with Crippen LogP contribution in [0.2, 0.25) is 0 Å². The number of carbonyl (C=O) groups is 2. The molecule has 4 heterocycles. The van der Waals surface area contributed by atoms with Crippen LogP contribution in [0.4, 0.5) is 11.9 Å². The second-order valence-corrected chi connectivity index (χ2v) is 17.3. The van der Waals surface area contributed by atoms with Crippen molar-refractivity contribution < 1.29 is 14.3 Å². The fourth-order valence-electron chi connectivity index (χ4n) is 9.47. The molecular formula is C39H66N8O3. The van der Waals surface area contributed by atoms with Crippen molar-refractivity contribution in [2.45, 2.75) is 148 Å². The Morgan fingerprint density at radius 3 is 1.68 bits per heavy atom. The molecule has 0 spiro atoms. The normalized spacial score (nSPS) is 22.0. The van der Waals surface area contributed by atoms with Crippen molar-refractivity contribution in [2.24, 2.45) is 0 Å². The SMILES string of the molecule is C=CC(=O)N1C(C)(C)CC(N(C)CCCCCCN(c2nc(C)nc(N3CCOCC3)n2)C2CC(C)(C)N(C(=O)C=C)C(C)(C)C2)CC1(C)C. The molecule has 0 N–H and O–H groups in total. The Hall–Kier alpha value is -3.05. The van der Waals surface area contributed by atoms with Gasteiger partial charge in [0.25, 0.3) is 0 Å². The van der Waals surface area contributed by atoms with Crippen molar-refractivity contribution in [3.63, 3.8) is 0 Å². The summed E-state index contributed by atoms with van der Waals surface area (Å²) in [6.07, 6.45) is 10.8. The predicted molar refractivity (Wildman–Crippen MR) is 202 cm³/mol. The molecular weight excluding hydrogens is 628 g/mol. The Morgan fingerprint density at radius 1 is 0.740 bits per heavy atom. The van der Waals surface area contributed by atoms with Crippen molar-refractivity contribution in [3.8, 4) is 0 Å². The van der Waals surface area contributed by atoms with E-state index in [9.17, 15) is 9.59 Å². The number of nitrogens with zero attached hydrogens (tertiary/aromatic N) is 8. The zero-order valence-corrected chi connectivity index (χ0v) is 32.9. The van der Waals surface area contributed by atoms with Gasteiger partial charge in [0.1, 0.15) is 5.82 Å². The van der Waals surface area contributed by atoms with Gasteiger partial charge in [0.05, 0.1) is 13.2 Å². The second-order valence-electron chi connectivity index (χ2n) is 17.3. The number of unbranched alkanes of at least 4 members (excludes halogenated alkanes) is 3. The third kappa shape index (κ3) is 9.05. The molecule has 0 aromatic carbocycles. The molecule has 0 atom stereocenters. The minimum absolute atomic E-state index is 0.0164. The van der Waals surface area contributed by atoms with E-state index in [2.05, 4.69) is 90.3 Å². The van der Waals surface area contributed by atoms with Crippen molar-refractivity contribution in [1.29, 1.82) is 0 Å². The second kappa shape index (κ2) is 15.7. The molecule has 0 saturated carbocycles. The first-order chi connectivity index (χ1) is 23.3. The first-order valence-corrected chi connectivity index (χ1v) is 18.8. The molecule has 280 valence electrons. The maximum atomic E-state index is 13.1. The van der Waals surface area contributed by atoms with Crippen LogP contribution >= 0.6 is 0 Å². The number of anilines is 2. The number of likely N-dealkylation sites (tertiary alicyclic amines) is 2. The van der Waals surface area contributed by atoms with E-state index in [1.165, 1.54) is 12.2 Å².